The van der Waals surface area contributed by atoms with Crippen molar-refractivity contribution in [1.29, 1.82) is 0 Å². The summed E-state index contributed by atoms with van der Waals surface area (Å²) in [7, 11) is 0. The molecule has 0 radical (unpaired) electrons. The smallest absolute Gasteiger partial charge is 0.275 e. The van der Waals surface area contributed by atoms with Gasteiger partial charge in [0.25, 0.3) is 5.91 Å². The number of aryl methyl sites for hydroxylation is 1. The third-order valence-corrected chi connectivity index (χ3v) is 4.12. The molecule has 0 saturated carbocycles. The van der Waals surface area contributed by atoms with Crippen LogP contribution in [0, 0.1) is 6.92 Å². The van der Waals surface area contributed by atoms with Crippen molar-refractivity contribution in [3.8, 4) is 0 Å². The molecule has 5 nitrogen and oxygen atoms in total. The molecular weight excluding hydrogens is 359 g/mol. The van der Waals surface area contributed by atoms with Crippen molar-refractivity contribution in [2.75, 3.05) is 10.6 Å². The SMILES string of the molecule is Cc1ccc(NC(=O)c2cnc(Nc3ccc(Cl)c(Cl)c3)cn2)cc1. The first-order valence-electron chi connectivity index (χ1n) is 7.43. The summed E-state index contributed by atoms with van der Waals surface area (Å²) in [6, 6.07) is 12.7. The van der Waals surface area contributed by atoms with Crippen molar-refractivity contribution in [2.24, 2.45) is 0 Å². The van der Waals surface area contributed by atoms with Crippen LogP contribution < -0.4 is 10.6 Å². The maximum Gasteiger partial charge on any atom is 0.275 e. The number of anilines is 3. The van der Waals surface area contributed by atoms with Crippen LogP contribution in [0.4, 0.5) is 17.2 Å². The van der Waals surface area contributed by atoms with Crippen molar-refractivity contribution in [3.63, 3.8) is 0 Å². The van der Waals surface area contributed by atoms with Crippen LogP contribution >= 0.6 is 23.2 Å². The molecular formula is C18H14Cl2N4O. The fourth-order valence-corrected chi connectivity index (χ4v) is 2.36. The van der Waals surface area contributed by atoms with Crippen LogP contribution in [0.3, 0.4) is 0 Å². The van der Waals surface area contributed by atoms with Crippen molar-refractivity contribution in [3.05, 3.63) is 76.2 Å². The average Bonchev–Trinajstić information content (AvgIpc) is 2.61. The number of hydrogen-bond acceptors (Lipinski definition) is 4. The van der Waals surface area contributed by atoms with Crippen LogP contribution in [0.25, 0.3) is 0 Å². The summed E-state index contributed by atoms with van der Waals surface area (Å²) in [5, 5.41) is 6.73. The van der Waals surface area contributed by atoms with E-state index in [-0.39, 0.29) is 11.6 Å². The van der Waals surface area contributed by atoms with E-state index in [0.29, 0.717) is 21.6 Å². The van der Waals surface area contributed by atoms with E-state index in [1.165, 1.54) is 12.4 Å². The van der Waals surface area contributed by atoms with Crippen molar-refractivity contribution in [1.82, 2.24) is 9.97 Å². The van der Waals surface area contributed by atoms with Crippen molar-refractivity contribution < 1.29 is 4.79 Å². The van der Waals surface area contributed by atoms with Gasteiger partial charge in [0.1, 0.15) is 11.5 Å². The van der Waals surface area contributed by atoms with E-state index in [1.54, 1.807) is 18.2 Å². The number of carbonyl (C=O) groups excluding carboxylic acids is 1. The van der Waals surface area contributed by atoms with E-state index in [0.717, 1.165) is 11.3 Å². The molecule has 0 fully saturated rings. The van der Waals surface area contributed by atoms with Gasteiger partial charge in [-0.15, -0.1) is 0 Å². The number of halogens is 2. The van der Waals surface area contributed by atoms with E-state index >= 15 is 0 Å². The molecule has 3 aromatic rings. The Bertz CT molecular complexity index is 896. The molecule has 0 aliphatic heterocycles. The monoisotopic (exact) mass is 372 g/mol. The number of hydrogen-bond donors (Lipinski definition) is 2. The minimum Gasteiger partial charge on any atom is -0.339 e. The first-order chi connectivity index (χ1) is 12.0. The van der Waals surface area contributed by atoms with Crippen LogP contribution in [-0.4, -0.2) is 15.9 Å². The molecule has 0 bridgehead atoms. The molecule has 1 amide bonds. The van der Waals surface area contributed by atoms with E-state index < -0.39 is 0 Å². The quantitative estimate of drug-likeness (QED) is 0.669. The third-order valence-electron chi connectivity index (χ3n) is 3.39. The second-order valence-electron chi connectivity index (χ2n) is 5.36. The lowest BCUT2D eigenvalue weighted by atomic mass is 10.2. The van der Waals surface area contributed by atoms with Gasteiger partial charge in [-0.3, -0.25) is 4.79 Å². The molecule has 7 heteroatoms. The highest BCUT2D eigenvalue weighted by atomic mass is 35.5. The van der Waals surface area contributed by atoms with Gasteiger partial charge in [-0.05, 0) is 37.3 Å². The van der Waals surface area contributed by atoms with Gasteiger partial charge in [0.15, 0.2) is 0 Å². The predicted molar refractivity (Wildman–Crippen MR) is 101 cm³/mol. The second kappa shape index (κ2) is 7.51. The fourth-order valence-electron chi connectivity index (χ4n) is 2.06. The number of rotatable bonds is 4. The van der Waals surface area contributed by atoms with Gasteiger partial charge in [-0.1, -0.05) is 40.9 Å². The molecule has 0 saturated heterocycles. The molecule has 2 N–H and O–H groups in total. The number of amides is 1. The van der Waals surface area contributed by atoms with Gasteiger partial charge in [-0.2, -0.15) is 0 Å². The summed E-state index contributed by atoms with van der Waals surface area (Å²) < 4.78 is 0. The van der Waals surface area contributed by atoms with E-state index in [2.05, 4.69) is 20.6 Å². The summed E-state index contributed by atoms with van der Waals surface area (Å²) in [6.45, 7) is 1.98. The van der Waals surface area contributed by atoms with Gasteiger partial charge >= 0.3 is 0 Å². The number of aromatic nitrogens is 2. The molecule has 0 spiro atoms. The molecule has 126 valence electrons. The molecule has 2 aromatic carbocycles. The first-order valence-corrected chi connectivity index (χ1v) is 8.19. The van der Waals surface area contributed by atoms with Crippen LogP contribution in [0.15, 0.2) is 54.9 Å². The largest absolute Gasteiger partial charge is 0.339 e. The molecule has 1 aromatic heterocycles. The van der Waals surface area contributed by atoms with Crippen LogP contribution in [-0.2, 0) is 0 Å². The number of nitrogens with one attached hydrogen (secondary N) is 2. The Morgan fingerprint density at radius 3 is 2.28 bits per heavy atom. The lowest BCUT2D eigenvalue weighted by Crippen LogP contribution is -2.14. The Balaban J connectivity index is 1.67. The summed E-state index contributed by atoms with van der Waals surface area (Å²) in [4.78, 5) is 20.5. The normalized spacial score (nSPS) is 10.4. The maximum absolute atomic E-state index is 12.2. The Morgan fingerprint density at radius 1 is 0.920 bits per heavy atom. The number of nitrogens with zero attached hydrogens (tertiary/aromatic N) is 2. The van der Waals surface area contributed by atoms with Gasteiger partial charge < -0.3 is 10.6 Å². The minimum absolute atomic E-state index is 0.222. The standard InChI is InChI=1S/C18H14Cl2N4O/c1-11-2-4-12(5-3-11)24-18(25)16-9-22-17(10-21-16)23-13-6-7-14(19)15(20)8-13/h2-10H,1H3,(H,22,23)(H,24,25). The molecule has 0 atom stereocenters. The highest BCUT2D eigenvalue weighted by Gasteiger charge is 2.09. The topological polar surface area (TPSA) is 66.9 Å². The molecule has 0 unspecified atom stereocenters. The van der Waals surface area contributed by atoms with Crippen LogP contribution in [0.1, 0.15) is 16.1 Å². The van der Waals surface area contributed by atoms with Crippen molar-refractivity contribution in [2.45, 2.75) is 6.92 Å². The predicted octanol–water partition coefficient (Wildman–Crippen LogP) is 5.09. The minimum atomic E-state index is -0.322. The molecule has 0 aliphatic rings. The lowest BCUT2D eigenvalue weighted by Gasteiger charge is -2.08. The van der Waals surface area contributed by atoms with Gasteiger partial charge in [0.05, 0.1) is 22.4 Å². The zero-order chi connectivity index (χ0) is 17.8. The highest BCUT2D eigenvalue weighted by Crippen LogP contribution is 2.26. The average molecular weight is 373 g/mol. The Hall–Kier alpha value is -2.63. The zero-order valence-corrected chi connectivity index (χ0v) is 14.8. The summed E-state index contributed by atoms with van der Waals surface area (Å²) >= 11 is 11.9. The molecule has 0 aliphatic carbocycles. The Morgan fingerprint density at radius 2 is 1.64 bits per heavy atom. The second-order valence-corrected chi connectivity index (χ2v) is 6.18. The summed E-state index contributed by atoms with van der Waals surface area (Å²) in [6.07, 6.45) is 2.88. The number of benzene rings is 2. The first kappa shape index (κ1) is 17.2. The highest BCUT2D eigenvalue weighted by molar-refractivity contribution is 6.42. The molecule has 1 heterocycles. The Labute approximate surface area is 155 Å². The van der Waals surface area contributed by atoms with Gasteiger partial charge in [0, 0.05) is 11.4 Å². The van der Waals surface area contributed by atoms with Gasteiger partial charge in [-0.25, -0.2) is 9.97 Å². The maximum atomic E-state index is 12.2. The zero-order valence-electron chi connectivity index (χ0n) is 13.3. The lowest BCUT2D eigenvalue weighted by molar-refractivity contribution is 0.102. The Kier molecular flexibility index (Phi) is 5.16. The molecule has 3 rings (SSSR count). The van der Waals surface area contributed by atoms with Crippen LogP contribution in [0.2, 0.25) is 10.0 Å². The summed E-state index contributed by atoms with van der Waals surface area (Å²) in [5.41, 5.74) is 2.77. The summed E-state index contributed by atoms with van der Waals surface area (Å²) in [5.74, 6) is 0.169. The molecule has 25 heavy (non-hydrogen) atoms. The van der Waals surface area contributed by atoms with E-state index in [9.17, 15) is 4.79 Å². The van der Waals surface area contributed by atoms with Crippen LogP contribution in [0.5, 0.6) is 0 Å². The van der Waals surface area contributed by atoms with Gasteiger partial charge in [0.2, 0.25) is 0 Å². The van der Waals surface area contributed by atoms with Crippen molar-refractivity contribution >= 4 is 46.3 Å². The third kappa shape index (κ3) is 4.47. The fraction of sp³-hybridized carbons (Fsp3) is 0.0556. The van der Waals surface area contributed by atoms with E-state index in [1.807, 2.05) is 31.2 Å². The van der Waals surface area contributed by atoms with E-state index in [4.69, 9.17) is 23.2 Å². The number of carbonyl (C=O) groups is 1.